The number of nitrogens with zero attached hydrogens (tertiary/aromatic N) is 1. The number of aromatic nitrogens is 1. The number of nitrogens with one attached hydrogen (secondary N) is 1. The second kappa shape index (κ2) is 3.17. The van der Waals surface area contributed by atoms with Crippen molar-refractivity contribution in [3.05, 3.63) is 34.6 Å². The maximum Gasteiger partial charge on any atom is 0.106 e. The summed E-state index contributed by atoms with van der Waals surface area (Å²) in [6.45, 7) is 1.18. The lowest BCUT2D eigenvalue weighted by atomic mass is 9.89. The van der Waals surface area contributed by atoms with E-state index in [1.807, 2.05) is 12.3 Å². The Bertz CT molecular complexity index is 383. The summed E-state index contributed by atoms with van der Waals surface area (Å²) in [4.78, 5) is 4.26. The Morgan fingerprint density at radius 1 is 1.43 bits per heavy atom. The third kappa shape index (κ3) is 1.23. The molecule has 0 bridgehead atoms. The number of halogens is 1. The van der Waals surface area contributed by atoms with Crippen molar-refractivity contribution in [2.45, 2.75) is 12.5 Å². The van der Waals surface area contributed by atoms with Crippen LogP contribution < -0.4 is 5.32 Å². The molecule has 1 aromatic rings. The fraction of sp³-hybridized carbons (Fsp3) is 0.364. The van der Waals surface area contributed by atoms with Gasteiger partial charge in [-0.05, 0) is 45.5 Å². The molecule has 3 heteroatoms. The van der Waals surface area contributed by atoms with Gasteiger partial charge in [0.2, 0.25) is 0 Å². The topological polar surface area (TPSA) is 24.9 Å². The van der Waals surface area contributed by atoms with Crippen LogP contribution >= 0.6 is 15.9 Å². The summed E-state index contributed by atoms with van der Waals surface area (Å²) in [5.74, 6) is 0.841. The maximum atomic E-state index is 4.26. The van der Waals surface area contributed by atoms with Crippen molar-refractivity contribution in [3.63, 3.8) is 0 Å². The molecule has 3 rings (SSSR count). The maximum absolute atomic E-state index is 4.26. The van der Waals surface area contributed by atoms with Crippen LogP contribution in [-0.4, -0.2) is 17.6 Å². The van der Waals surface area contributed by atoms with Gasteiger partial charge in [-0.3, -0.25) is 0 Å². The van der Waals surface area contributed by atoms with Crippen molar-refractivity contribution in [3.8, 4) is 0 Å². The van der Waals surface area contributed by atoms with Gasteiger partial charge < -0.3 is 5.32 Å². The van der Waals surface area contributed by atoms with Crippen molar-refractivity contribution < 1.29 is 0 Å². The molecule has 2 unspecified atom stereocenters. The molecule has 14 heavy (non-hydrogen) atoms. The summed E-state index contributed by atoms with van der Waals surface area (Å²) in [5.41, 5.74) is 2.69. The van der Waals surface area contributed by atoms with Crippen LogP contribution in [0.25, 0.3) is 5.57 Å². The van der Waals surface area contributed by atoms with Crippen LogP contribution in [0.4, 0.5) is 0 Å². The predicted octanol–water partition coefficient (Wildman–Crippen LogP) is 2.22. The van der Waals surface area contributed by atoms with Gasteiger partial charge >= 0.3 is 0 Å². The Hall–Kier alpha value is -0.670. The standard InChI is InChI=1S/C11H11BrN2/c12-10-4-2-7(5-13-10)9-3-1-8-6-14-11(8)9/h2-5,8,11,14H,1,6H2. The molecular weight excluding hydrogens is 240 g/mol. The number of fused-ring (bicyclic) bond motifs is 1. The highest BCUT2D eigenvalue weighted by Gasteiger charge is 2.36. The number of hydrogen-bond donors (Lipinski definition) is 1. The molecule has 0 saturated carbocycles. The first-order chi connectivity index (χ1) is 6.84. The Labute approximate surface area is 91.6 Å². The fourth-order valence-electron chi connectivity index (χ4n) is 2.23. The van der Waals surface area contributed by atoms with E-state index in [-0.39, 0.29) is 0 Å². The SMILES string of the molecule is Brc1ccc(C2=CCC3CNC23)cn1. The summed E-state index contributed by atoms with van der Waals surface area (Å²) in [6.07, 6.45) is 5.52. The van der Waals surface area contributed by atoms with E-state index in [1.54, 1.807) is 0 Å². The number of allylic oxidation sites excluding steroid dienone is 1. The molecule has 0 aromatic carbocycles. The normalized spacial score (nSPS) is 29.4. The van der Waals surface area contributed by atoms with Gasteiger partial charge in [0.15, 0.2) is 0 Å². The summed E-state index contributed by atoms with van der Waals surface area (Å²) >= 11 is 3.35. The Morgan fingerprint density at radius 3 is 2.93 bits per heavy atom. The van der Waals surface area contributed by atoms with Gasteiger partial charge in [-0.1, -0.05) is 12.1 Å². The van der Waals surface area contributed by atoms with Crippen LogP contribution in [-0.2, 0) is 0 Å². The number of hydrogen-bond acceptors (Lipinski definition) is 2. The first-order valence-corrected chi connectivity index (χ1v) is 5.69. The van der Waals surface area contributed by atoms with E-state index in [0.717, 1.165) is 10.5 Å². The summed E-state index contributed by atoms with van der Waals surface area (Å²) in [5, 5.41) is 3.46. The van der Waals surface area contributed by atoms with Crippen LogP contribution in [0, 0.1) is 5.92 Å². The van der Waals surface area contributed by atoms with Crippen molar-refractivity contribution in [2.75, 3.05) is 6.54 Å². The highest BCUT2D eigenvalue weighted by molar-refractivity contribution is 9.10. The molecule has 2 aliphatic rings. The van der Waals surface area contributed by atoms with E-state index in [4.69, 9.17) is 0 Å². The van der Waals surface area contributed by atoms with Gasteiger partial charge in [0.1, 0.15) is 4.60 Å². The van der Waals surface area contributed by atoms with Gasteiger partial charge in [-0.2, -0.15) is 0 Å². The summed E-state index contributed by atoms with van der Waals surface area (Å²) in [7, 11) is 0. The largest absolute Gasteiger partial charge is 0.309 e. The van der Waals surface area contributed by atoms with Crippen LogP contribution in [0.5, 0.6) is 0 Å². The second-order valence-corrected chi connectivity index (χ2v) is 4.72. The zero-order chi connectivity index (χ0) is 9.54. The van der Waals surface area contributed by atoms with E-state index in [1.165, 1.54) is 24.1 Å². The average Bonchev–Trinajstić information content (AvgIpc) is 2.43. The van der Waals surface area contributed by atoms with Gasteiger partial charge in [0.25, 0.3) is 0 Å². The van der Waals surface area contributed by atoms with Crippen LogP contribution in [0.2, 0.25) is 0 Å². The lowest BCUT2D eigenvalue weighted by molar-refractivity contribution is 0.307. The summed E-state index contributed by atoms with van der Waals surface area (Å²) < 4.78 is 0.901. The fourth-order valence-corrected chi connectivity index (χ4v) is 2.47. The molecule has 2 heterocycles. The predicted molar refractivity (Wildman–Crippen MR) is 59.8 cm³/mol. The van der Waals surface area contributed by atoms with Gasteiger partial charge in [0, 0.05) is 18.8 Å². The minimum Gasteiger partial charge on any atom is -0.309 e. The monoisotopic (exact) mass is 250 g/mol. The van der Waals surface area contributed by atoms with Crippen molar-refractivity contribution in [2.24, 2.45) is 5.92 Å². The molecular formula is C11H11BrN2. The molecule has 72 valence electrons. The van der Waals surface area contributed by atoms with E-state index >= 15 is 0 Å². The van der Waals surface area contributed by atoms with E-state index in [2.05, 4.69) is 38.4 Å². The molecule has 1 N–H and O–H groups in total. The van der Waals surface area contributed by atoms with Crippen molar-refractivity contribution in [1.29, 1.82) is 0 Å². The van der Waals surface area contributed by atoms with Crippen LogP contribution in [0.15, 0.2) is 29.0 Å². The second-order valence-electron chi connectivity index (χ2n) is 3.91. The lowest BCUT2D eigenvalue weighted by Gasteiger charge is -2.34. The smallest absolute Gasteiger partial charge is 0.106 e. The van der Waals surface area contributed by atoms with Gasteiger partial charge in [-0.15, -0.1) is 0 Å². The average molecular weight is 251 g/mol. The third-order valence-electron chi connectivity index (χ3n) is 3.11. The molecule has 1 aliphatic heterocycles. The van der Waals surface area contributed by atoms with Crippen molar-refractivity contribution in [1.82, 2.24) is 10.3 Å². The molecule has 2 nitrogen and oxygen atoms in total. The van der Waals surface area contributed by atoms with Crippen LogP contribution in [0.3, 0.4) is 0 Å². The minimum absolute atomic E-state index is 0.595. The molecule has 1 saturated heterocycles. The van der Waals surface area contributed by atoms with Gasteiger partial charge in [0.05, 0.1) is 0 Å². The molecule has 2 atom stereocenters. The molecule has 1 aromatic heterocycles. The molecule has 0 amide bonds. The molecule has 1 fully saturated rings. The molecule has 1 aliphatic carbocycles. The highest BCUT2D eigenvalue weighted by atomic mass is 79.9. The van der Waals surface area contributed by atoms with Gasteiger partial charge in [-0.25, -0.2) is 4.98 Å². The lowest BCUT2D eigenvalue weighted by Crippen LogP contribution is -2.50. The summed E-state index contributed by atoms with van der Waals surface area (Å²) in [6, 6.07) is 4.73. The zero-order valence-corrected chi connectivity index (χ0v) is 9.29. The van der Waals surface area contributed by atoms with E-state index < -0.39 is 0 Å². The number of rotatable bonds is 1. The minimum atomic E-state index is 0.595. The quantitative estimate of drug-likeness (QED) is 0.774. The Morgan fingerprint density at radius 2 is 2.36 bits per heavy atom. The first-order valence-electron chi connectivity index (χ1n) is 4.90. The van der Waals surface area contributed by atoms with E-state index in [0.29, 0.717) is 6.04 Å². The van der Waals surface area contributed by atoms with Crippen molar-refractivity contribution >= 4 is 21.5 Å². The molecule has 0 spiro atoms. The van der Waals surface area contributed by atoms with E-state index in [9.17, 15) is 0 Å². The zero-order valence-electron chi connectivity index (χ0n) is 7.70. The van der Waals surface area contributed by atoms with Crippen LogP contribution in [0.1, 0.15) is 12.0 Å². The molecule has 0 radical (unpaired) electrons. The Kier molecular flexibility index (Phi) is 1.96. The highest BCUT2D eigenvalue weighted by Crippen LogP contribution is 2.37. The third-order valence-corrected chi connectivity index (χ3v) is 3.58. The first kappa shape index (κ1) is 8.62. The Balaban J connectivity index is 1.92. The number of pyridine rings is 1.